The molecule has 1 N–H and O–H groups in total. The van der Waals surface area contributed by atoms with E-state index in [1.807, 2.05) is 0 Å². The number of terminal acetylenes is 1. The molecule has 3 aromatic rings. The van der Waals surface area contributed by atoms with Gasteiger partial charge in [-0.2, -0.15) is 0 Å². The van der Waals surface area contributed by atoms with Gasteiger partial charge in [-0.1, -0.05) is 37.6 Å². The summed E-state index contributed by atoms with van der Waals surface area (Å²) < 4.78 is 0. The van der Waals surface area contributed by atoms with Crippen LogP contribution in [0.1, 0.15) is 67.2 Å². The van der Waals surface area contributed by atoms with E-state index in [0.29, 0.717) is 5.92 Å². The van der Waals surface area contributed by atoms with Gasteiger partial charge in [0.05, 0.1) is 11.3 Å². The van der Waals surface area contributed by atoms with E-state index < -0.39 is 0 Å². The van der Waals surface area contributed by atoms with Crippen LogP contribution in [0.3, 0.4) is 0 Å². The Morgan fingerprint density at radius 3 is 2.30 bits per heavy atom. The summed E-state index contributed by atoms with van der Waals surface area (Å²) in [6.45, 7) is 7.14. The maximum Gasteiger partial charge on any atom is 0.155 e. The van der Waals surface area contributed by atoms with Crippen LogP contribution in [0.15, 0.2) is 48.2 Å². The average Bonchev–Trinajstić information content (AvgIpc) is 3.36. The minimum atomic E-state index is -0.125. The summed E-state index contributed by atoms with van der Waals surface area (Å²) in [5.41, 5.74) is 9.13. The predicted octanol–water partition coefficient (Wildman–Crippen LogP) is 6.97. The van der Waals surface area contributed by atoms with Crippen molar-refractivity contribution in [3.63, 3.8) is 0 Å². The molecule has 0 saturated heterocycles. The Morgan fingerprint density at radius 1 is 1.09 bits per heavy atom. The number of hydrogen-bond acceptors (Lipinski definition) is 3. The van der Waals surface area contributed by atoms with Gasteiger partial charge in [0.25, 0.3) is 0 Å². The zero-order valence-corrected chi connectivity index (χ0v) is 22.0. The second-order valence-electron chi connectivity index (χ2n) is 8.66. The zero-order valence-electron chi connectivity index (χ0n) is 19.6. The van der Waals surface area contributed by atoms with Crippen molar-refractivity contribution >= 4 is 16.7 Å². The third-order valence-electron chi connectivity index (χ3n) is 6.04. The van der Waals surface area contributed by atoms with Crippen LogP contribution in [-0.4, -0.2) is 15.9 Å². The number of carbonyl (C=O) groups is 1. The molecule has 1 fully saturated rings. The van der Waals surface area contributed by atoms with Crippen molar-refractivity contribution in [2.75, 3.05) is 0 Å². The van der Waals surface area contributed by atoms with E-state index in [-0.39, 0.29) is 31.6 Å². The molecule has 2 aliphatic carbocycles. The summed E-state index contributed by atoms with van der Waals surface area (Å²) in [4.78, 5) is 15.1. The van der Waals surface area contributed by atoms with Gasteiger partial charge in [0.15, 0.2) is 5.78 Å². The molecule has 0 spiro atoms. The maximum atomic E-state index is 10.0. The molecule has 1 aromatic heterocycles. The molecular formula is C29H30IrNO2-. The molecule has 173 valence electrons. The summed E-state index contributed by atoms with van der Waals surface area (Å²) in [6.07, 6.45) is 13.2. The van der Waals surface area contributed by atoms with Crippen LogP contribution in [0.4, 0.5) is 0 Å². The Balaban J connectivity index is 0.000000336. The van der Waals surface area contributed by atoms with Crippen molar-refractivity contribution in [1.82, 2.24) is 4.98 Å². The number of aliphatic hydroxyl groups excluding tert-OH is 1. The van der Waals surface area contributed by atoms with Gasteiger partial charge < -0.3 is 5.11 Å². The van der Waals surface area contributed by atoms with E-state index >= 15 is 0 Å². The second kappa shape index (κ2) is 11.4. The number of aliphatic hydroxyl groups is 1. The van der Waals surface area contributed by atoms with E-state index in [1.54, 1.807) is 5.56 Å². The quantitative estimate of drug-likeness (QED) is 0.147. The zero-order chi connectivity index (χ0) is 23.4. The number of rotatable bonds is 2. The summed E-state index contributed by atoms with van der Waals surface area (Å²) in [6, 6.07) is 16.7. The molecule has 2 atom stereocenters. The Kier molecular flexibility index (Phi) is 9.17. The van der Waals surface area contributed by atoms with Gasteiger partial charge >= 0.3 is 0 Å². The molecule has 5 rings (SSSR count). The SMILES string of the molecule is C#C.CC(=O)C=C(C)O.Cc1[c-]c(-c2nc3ccccc3c3c2C2CCC3C2)cc(C)c1.[Ir]. The topological polar surface area (TPSA) is 50.2 Å². The van der Waals surface area contributed by atoms with Crippen LogP contribution < -0.4 is 0 Å². The van der Waals surface area contributed by atoms with Gasteiger partial charge in [0, 0.05) is 31.6 Å². The number of ketones is 1. The number of fused-ring (bicyclic) bond motifs is 7. The normalized spacial score (nSPS) is 17.7. The van der Waals surface area contributed by atoms with E-state index in [2.05, 4.69) is 69.2 Å². The predicted molar refractivity (Wildman–Crippen MR) is 132 cm³/mol. The molecule has 1 radical (unpaired) electrons. The van der Waals surface area contributed by atoms with Crippen molar-refractivity contribution < 1.29 is 30.0 Å². The van der Waals surface area contributed by atoms with Crippen LogP contribution in [0.2, 0.25) is 0 Å². The van der Waals surface area contributed by atoms with E-state index in [4.69, 9.17) is 10.1 Å². The van der Waals surface area contributed by atoms with Gasteiger partial charge in [0.1, 0.15) is 0 Å². The molecule has 33 heavy (non-hydrogen) atoms. The molecule has 2 unspecified atom stereocenters. The van der Waals surface area contributed by atoms with Crippen molar-refractivity contribution in [3.05, 3.63) is 76.6 Å². The average molecular weight is 617 g/mol. The first-order chi connectivity index (χ1) is 15.3. The molecule has 3 nitrogen and oxygen atoms in total. The monoisotopic (exact) mass is 617 g/mol. The number of hydrogen-bond donors (Lipinski definition) is 1. The molecule has 2 bridgehead atoms. The molecule has 2 aliphatic rings. The summed E-state index contributed by atoms with van der Waals surface area (Å²) in [5.74, 6) is 1.39. The Bertz CT molecular complexity index is 1180. The number of carbonyl (C=O) groups excluding carboxylic acids is 1. The summed E-state index contributed by atoms with van der Waals surface area (Å²) in [5, 5.41) is 9.74. The fourth-order valence-corrected chi connectivity index (χ4v) is 5.13. The first-order valence-corrected chi connectivity index (χ1v) is 11.0. The van der Waals surface area contributed by atoms with Gasteiger partial charge in [0.2, 0.25) is 0 Å². The maximum absolute atomic E-state index is 10.0. The molecule has 4 heteroatoms. The fraction of sp³-hybridized carbons (Fsp3) is 0.310. The number of nitrogens with zero attached hydrogens (tertiary/aromatic N) is 1. The van der Waals surface area contributed by atoms with Crippen LogP contribution in [0, 0.1) is 32.8 Å². The number of para-hydroxylation sites is 1. The smallest absolute Gasteiger partial charge is 0.155 e. The van der Waals surface area contributed by atoms with Gasteiger partial charge in [-0.15, -0.1) is 47.7 Å². The third kappa shape index (κ3) is 5.80. The van der Waals surface area contributed by atoms with Crippen LogP contribution >= 0.6 is 0 Å². The number of pyridine rings is 1. The molecule has 2 aromatic carbocycles. The van der Waals surface area contributed by atoms with Gasteiger partial charge in [-0.05, 0) is 62.3 Å². The Labute approximate surface area is 210 Å². The van der Waals surface area contributed by atoms with E-state index in [9.17, 15) is 4.79 Å². The fourth-order valence-electron chi connectivity index (χ4n) is 5.13. The van der Waals surface area contributed by atoms with E-state index in [0.717, 1.165) is 11.4 Å². The minimum Gasteiger partial charge on any atom is -0.512 e. The van der Waals surface area contributed by atoms with Crippen LogP contribution in [0.5, 0.6) is 0 Å². The Hall–Kier alpha value is -2.73. The first kappa shape index (κ1) is 26.5. The Morgan fingerprint density at radius 2 is 1.73 bits per heavy atom. The van der Waals surface area contributed by atoms with E-state index in [1.165, 1.54) is 72.5 Å². The molecule has 0 amide bonds. The number of benzene rings is 2. The number of aromatic nitrogens is 1. The van der Waals surface area contributed by atoms with Crippen molar-refractivity contribution in [2.24, 2.45) is 0 Å². The number of allylic oxidation sites excluding steroid dienone is 2. The largest absolute Gasteiger partial charge is 0.512 e. The standard InChI is InChI=1S/C22H20N.C5H8O2.C2H2.Ir/c1-13-9-14(2)11-17(10-13)22-21-16-8-7-15(12-16)20(21)18-5-3-4-6-19(18)23-22;1-4(6)3-5(2)7;1-2;/h3-6,9-10,15-16H,7-8,12H2,1-2H3;3,6H,1-2H3;1-2H;/q-1;;;. The van der Waals surface area contributed by atoms with Gasteiger partial charge in [-0.25, -0.2) is 0 Å². The summed E-state index contributed by atoms with van der Waals surface area (Å²) in [7, 11) is 0. The summed E-state index contributed by atoms with van der Waals surface area (Å²) >= 11 is 0. The van der Waals surface area contributed by atoms with Crippen molar-refractivity contribution in [1.29, 1.82) is 0 Å². The van der Waals surface area contributed by atoms with Crippen LogP contribution in [-0.2, 0) is 24.9 Å². The molecule has 1 heterocycles. The van der Waals surface area contributed by atoms with Gasteiger partial charge in [-0.3, -0.25) is 9.78 Å². The molecular weight excluding hydrogens is 587 g/mol. The third-order valence-corrected chi connectivity index (χ3v) is 6.04. The van der Waals surface area contributed by atoms with Crippen molar-refractivity contribution in [2.45, 2.75) is 58.8 Å². The minimum absolute atomic E-state index is 0. The second-order valence-corrected chi connectivity index (χ2v) is 8.66. The van der Waals surface area contributed by atoms with Crippen molar-refractivity contribution in [3.8, 4) is 24.1 Å². The first-order valence-electron chi connectivity index (χ1n) is 11.0. The molecule has 1 saturated carbocycles. The molecule has 0 aliphatic heterocycles. The van der Waals surface area contributed by atoms with Crippen LogP contribution in [0.25, 0.3) is 22.2 Å². The number of aryl methyl sites for hydroxylation is 2.